The first kappa shape index (κ1) is 18.0. The second-order valence-electron chi connectivity index (χ2n) is 6.09. The molecule has 0 radical (unpaired) electrons. The summed E-state index contributed by atoms with van der Waals surface area (Å²) in [6, 6.07) is 14.3. The van der Waals surface area contributed by atoms with Crippen molar-refractivity contribution in [2.24, 2.45) is 10.2 Å². The maximum Gasteiger partial charge on any atom is 0.185 e. The predicted octanol–water partition coefficient (Wildman–Crippen LogP) is 6.79. The van der Waals surface area contributed by atoms with Crippen LogP contribution in [0.3, 0.4) is 0 Å². The van der Waals surface area contributed by atoms with Crippen molar-refractivity contribution in [2.45, 2.75) is 19.3 Å². The van der Waals surface area contributed by atoms with Crippen molar-refractivity contribution < 1.29 is 4.79 Å². The summed E-state index contributed by atoms with van der Waals surface area (Å²) in [6.45, 7) is 0. The Morgan fingerprint density at radius 2 is 1.30 bits per heavy atom. The maximum atomic E-state index is 12.9. The van der Waals surface area contributed by atoms with Crippen LogP contribution in [0.25, 0.3) is 33.0 Å². The molecule has 0 unspecified atom stereocenters. The predicted molar refractivity (Wildman–Crippen MR) is 105 cm³/mol. The van der Waals surface area contributed by atoms with E-state index in [4.69, 9.17) is 11.1 Å². The molecular weight excluding hydrogens is 340 g/mol. The van der Waals surface area contributed by atoms with Gasteiger partial charge >= 0.3 is 0 Å². The number of carbonyl (C=O) groups excluding carboxylic acids is 1. The molecule has 0 spiro atoms. The highest BCUT2D eigenvalue weighted by molar-refractivity contribution is 6.14. The molecule has 0 N–H and O–H groups in total. The van der Waals surface area contributed by atoms with E-state index in [1.165, 1.54) is 0 Å². The quantitative estimate of drug-likeness (QED) is 0.255. The van der Waals surface area contributed by atoms with Crippen LogP contribution in [-0.4, -0.2) is 5.78 Å². The summed E-state index contributed by atoms with van der Waals surface area (Å²) in [5, 5.41) is 7.19. The van der Waals surface area contributed by atoms with Crippen LogP contribution in [0.4, 0.5) is 11.4 Å². The van der Waals surface area contributed by atoms with Gasteiger partial charge in [-0.2, -0.15) is 0 Å². The lowest BCUT2D eigenvalue weighted by Gasteiger charge is -2.16. The summed E-state index contributed by atoms with van der Waals surface area (Å²) < 4.78 is 0. The number of benzene rings is 2. The molecule has 2 aromatic rings. The van der Waals surface area contributed by atoms with E-state index in [-0.39, 0.29) is 5.78 Å². The molecule has 132 valence electrons. The number of hydrogen-bond donors (Lipinski definition) is 0. The SMILES string of the molecule is [N-]=[N+]=Nc1cccc(/C=C2\CCC/C(=C\c3cccc(N=[N+]=[N-])c3)C2=O)c1. The summed E-state index contributed by atoms with van der Waals surface area (Å²) in [4.78, 5) is 18.4. The van der Waals surface area contributed by atoms with Gasteiger partial charge in [0.15, 0.2) is 5.78 Å². The van der Waals surface area contributed by atoms with E-state index in [9.17, 15) is 4.79 Å². The van der Waals surface area contributed by atoms with Gasteiger partial charge < -0.3 is 0 Å². The molecule has 0 amide bonds. The molecule has 0 bridgehead atoms. The average molecular weight is 356 g/mol. The van der Waals surface area contributed by atoms with Crippen molar-refractivity contribution >= 4 is 29.3 Å². The van der Waals surface area contributed by atoms with E-state index < -0.39 is 0 Å². The second kappa shape index (κ2) is 8.54. The van der Waals surface area contributed by atoms with Gasteiger partial charge in [-0.15, -0.1) is 0 Å². The molecule has 7 heteroatoms. The summed E-state index contributed by atoms with van der Waals surface area (Å²) in [6.07, 6.45) is 6.00. The van der Waals surface area contributed by atoms with Gasteiger partial charge in [0.1, 0.15) is 0 Å². The second-order valence-corrected chi connectivity index (χ2v) is 6.09. The highest BCUT2D eigenvalue weighted by Crippen LogP contribution is 2.29. The maximum absolute atomic E-state index is 12.9. The van der Waals surface area contributed by atoms with Crippen LogP contribution >= 0.6 is 0 Å². The molecule has 7 nitrogen and oxygen atoms in total. The Hall–Kier alpha value is -3.79. The van der Waals surface area contributed by atoms with E-state index in [2.05, 4.69) is 20.1 Å². The van der Waals surface area contributed by atoms with E-state index in [0.717, 1.165) is 28.7 Å². The summed E-state index contributed by atoms with van der Waals surface area (Å²) in [5.41, 5.74) is 21.3. The molecule has 0 heterocycles. The van der Waals surface area contributed by atoms with Gasteiger partial charge in [-0.05, 0) is 65.7 Å². The van der Waals surface area contributed by atoms with E-state index >= 15 is 0 Å². The molecule has 1 saturated carbocycles. The van der Waals surface area contributed by atoms with E-state index in [1.807, 2.05) is 24.3 Å². The largest absolute Gasteiger partial charge is 0.289 e. The van der Waals surface area contributed by atoms with Gasteiger partial charge in [0.2, 0.25) is 0 Å². The zero-order chi connectivity index (χ0) is 19.1. The molecule has 1 aliphatic rings. The lowest BCUT2D eigenvalue weighted by Crippen LogP contribution is -2.12. The zero-order valence-corrected chi connectivity index (χ0v) is 14.5. The molecule has 27 heavy (non-hydrogen) atoms. The topological polar surface area (TPSA) is 115 Å². The van der Waals surface area contributed by atoms with Crippen LogP contribution in [0, 0.1) is 0 Å². The van der Waals surface area contributed by atoms with E-state index in [0.29, 0.717) is 24.2 Å². The molecule has 0 saturated heterocycles. The summed E-state index contributed by atoms with van der Waals surface area (Å²) in [5.74, 6) is 0.0182. The number of nitrogens with zero attached hydrogens (tertiary/aromatic N) is 6. The van der Waals surface area contributed by atoms with Crippen LogP contribution in [-0.2, 0) is 4.79 Å². The number of Topliss-reactive ketones (excluding diaryl/α,β-unsaturated/α-hetero) is 1. The lowest BCUT2D eigenvalue weighted by molar-refractivity contribution is -0.112. The minimum absolute atomic E-state index is 0.0182. The number of rotatable bonds is 4. The van der Waals surface area contributed by atoms with Gasteiger partial charge in [-0.25, -0.2) is 0 Å². The van der Waals surface area contributed by atoms with Crippen molar-refractivity contribution in [3.8, 4) is 0 Å². The first-order valence-corrected chi connectivity index (χ1v) is 8.46. The van der Waals surface area contributed by atoms with Gasteiger partial charge in [-0.3, -0.25) is 4.79 Å². The Balaban J connectivity index is 1.89. The highest BCUT2D eigenvalue weighted by atomic mass is 16.1. The van der Waals surface area contributed by atoms with Crippen LogP contribution in [0.5, 0.6) is 0 Å². The fraction of sp³-hybridized carbons (Fsp3) is 0.150. The number of hydrogen-bond acceptors (Lipinski definition) is 3. The Morgan fingerprint density at radius 1 is 0.815 bits per heavy atom. The molecule has 3 rings (SSSR count). The monoisotopic (exact) mass is 356 g/mol. The minimum Gasteiger partial charge on any atom is -0.289 e. The van der Waals surface area contributed by atoms with Crippen molar-refractivity contribution in [3.05, 3.63) is 91.7 Å². The van der Waals surface area contributed by atoms with Crippen LogP contribution in [0.15, 0.2) is 69.9 Å². The Morgan fingerprint density at radius 3 is 1.74 bits per heavy atom. The van der Waals surface area contributed by atoms with Gasteiger partial charge in [-0.1, -0.05) is 46.6 Å². The molecule has 1 fully saturated rings. The first-order valence-electron chi connectivity index (χ1n) is 8.46. The standard InChI is InChI=1S/C20H16N6O/c21-25-23-18-8-1-4-14(12-18)10-16-6-3-7-17(20(16)27)11-15-5-2-9-19(13-15)24-26-22/h1-2,4-5,8-13H,3,6-7H2/b16-10+,17-11+. The molecule has 0 aliphatic heterocycles. The van der Waals surface area contributed by atoms with Crippen molar-refractivity contribution in [1.82, 2.24) is 0 Å². The van der Waals surface area contributed by atoms with Crippen molar-refractivity contribution in [2.75, 3.05) is 0 Å². The molecule has 2 aromatic carbocycles. The van der Waals surface area contributed by atoms with Crippen LogP contribution in [0.2, 0.25) is 0 Å². The van der Waals surface area contributed by atoms with Gasteiger partial charge in [0.05, 0.1) is 0 Å². The number of allylic oxidation sites excluding steroid dienone is 2. The Labute approximate surface area is 155 Å². The van der Waals surface area contributed by atoms with Crippen molar-refractivity contribution in [3.63, 3.8) is 0 Å². The summed E-state index contributed by atoms with van der Waals surface area (Å²) in [7, 11) is 0. The highest BCUT2D eigenvalue weighted by Gasteiger charge is 2.20. The smallest absolute Gasteiger partial charge is 0.185 e. The zero-order valence-electron chi connectivity index (χ0n) is 14.5. The molecule has 0 atom stereocenters. The van der Waals surface area contributed by atoms with Gasteiger partial charge in [0, 0.05) is 32.3 Å². The van der Waals surface area contributed by atoms with E-state index in [1.54, 1.807) is 36.4 Å². The molecule has 1 aliphatic carbocycles. The Kier molecular flexibility index (Phi) is 5.70. The normalized spacial score (nSPS) is 16.7. The third-order valence-electron chi connectivity index (χ3n) is 4.22. The van der Waals surface area contributed by atoms with Crippen molar-refractivity contribution in [1.29, 1.82) is 0 Å². The first-order chi connectivity index (χ1) is 13.2. The third kappa shape index (κ3) is 4.64. The third-order valence-corrected chi connectivity index (χ3v) is 4.22. The Bertz CT molecular complexity index is 958. The van der Waals surface area contributed by atoms with Crippen LogP contribution < -0.4 is 0 Å². The van der Waals surface area contributed by atoms with Gasteiger partial charge in [0.25, 0.3) is 0 Å². The number of carbonyl (C=O) groups is 1. The minimum atomic E-state index is 0.0182. The number of ketones is 1. The fourth-order valence-electron chi connectivity index (χ4n) is 3.04. The molecule has 0 aromatic heterocycles. The fourth-order valence-corrected chi connectivity index (χ4v) is 3.04. The average Bonchev–Trinajstić information content (AvgIpc) is 2.66. The van der Waals surface area contributed by atoms with Crippen LogP contribution in [0.1, 0.15) is 30.4 Å². The lowest BCUT2D eigenvalue weighted by atomic mass is 9.87. The summed E-state index contributed by atoms with van der Waals surface area (Å²) >= 11 is 0. The molecular formula is C20H16N6O. The number of azide groups is 2.